The third kappa shape index (κ3) is 3.21. The number of hydrogen-bond acceptors (Lipinski definition) is 2. The molecule has 0 aliphatic carbocycles. The lowest BCUT2D eigenvalue weighted by molar-refractivity contribution is 0.0722. The van der Waals surface area contributed by atoms with Gasteiger partial charge in [0.15, 0.2) is 6.10 Å². The predicted octanol–water partition coefficient (Wildman–Crippen LogP) is 1.31. The summed E-state index contributed by atoms with van der Waals surface area (Å²) < 4.78 is 4.21. The van der Waals surface area contributed by atoms with Crippen molar-refractivity contribution in [3.05, 3.63) is 0 Å². The topological polar surface area (TPSA) is 46.5 Å². The quantitative estimate of drug-likeness (QED) is 0.378. The molecule has 4 heteroatoms. The smallest absolute Gasteiger partial charge is 0.450 e. The lowest BCUT2D eigenvalue weighted by Gasteiger charge is -2.10. The van der Waals surface area contributed by atoms with Gasteiger partial charge >= 0.3 is 6.16 Å². The van der Waals surface area contributed by atoms with E-state index >= 15 is 0 Å². The Morgan fingerprint density at radius 3 is 2.50 bits per heavy atom. The molecule has 0 aromatic heterocycles. The number of carboxylic acid groups (broad SMARTS) is 1. The monoisotopic (exact) mass is 162 g/mol. The number of alkyl halides is 1. The van der Waals surface area contributed by atoms with Crippen molar-refractivity contribution in [3.8, 4) is 12.3 Å². The molecule has 3 nitrogen and oxygen atoms in total. The molecule has 1 N–H and O–H groups in total. The molecule has 0 heterocycles. The zero-order valence-electron chi connectivity index (χ0n) is 5.37. The van der Waals surface area contributed by atoms with Crippen LogP contribution in [0.5, 0.6) is 0 Å². The number of hydrogen-bond donors (Lipinski definition) is 1. The van der Waals surface area contributed by atoms with E-state index in [-0.39, 0.29) is 0 Å². The van der Waals surface area contributed by atoms with Crippen LogP contribution in [0.15, 0.2) is 0 Å². The van der Waals surface area contributed by atoms with E-state index in [0.717, 1.165) is 0 Å². The highest BCUT2D eigenvalue weighted by Crippen LogP contribution is 2.04. The lowest BCUT2D eigenvalue weighted by Crippen LogP contribution is -2.22. The fraction of sp³-hybridized carbons (Fsp3) is 0.500. The number of rotatable bonds is 2. The fourth-order valence-electron chi connectivity index (χ4n) is 0.369. The van der Waals surface area contributed by atoms with E-state index in [4.69, 9.17) is 23.1 Å². The van der Waals surface area contributed by atoms with Gasteiger partial charge in [0.05, 0.1) is 5.38 Å². The van der Waals surface area contributed by atoms with Gasteiger partial charge < -0.3 is 9.84 Å². The second kappa shape index (κ2) is 4.02. The number of terminal acetylenes is 1. The maximum Gasteiger partial charge on any atom is 0.507 e. The van der Waals surface area contributed by atoms with E-state index in [2.05, 4.69) is 10.7 Å². The second-order valence-corrected chi connectivity index (χ2v) is 2.34. The van der Waals surface area contributed by atoms with Crippen molar-refractivity contribution in [3.63, 3.8) is 0 Å². The van der Waals surface area contributed by atoms with E-state index in [1.54, 1.807) is 6.92 Å². The van der Waals surface area contributed by atoms with Crippen molar-refractivity contribution in [1.29, 1.82) is 0 Å². The van der Waals surface area contributed by atoms with Crippen LogP contribution in [0.4, 0.5) is 4.79 Å². The summed E-state index contributed by atoms with van der Waals surface area (Å²) in [5.74, 6) is 2.10. The summed E-state index contributed by atoms with van der Waals surface area (Å²) in [6.45, 7) is 1.56. The first-order chi connectivity index (χ1) is 4.57. The lowest BCUT2D eigenvalue weighted by atomic mass is 10.3. The van der Waals surface area contributed by atoms with Crippen molar-refractivity contribution >= 4 is 17.8 Å². The van der Waals surface area contributed by atoms with Gasteiger partial charge in [-0.1, -0.05) is 5.92 Å². The SMILES string of the molecule is C#CC(OC(=O)O)C(C)Cl. The summed E-state index contributed by atoms with van der Waals surface area (Å²) in [6.07, 6.45) is 2.63. The first-order valence-corrected chi connectivity index (χ1v) is 3.01. The van der Waals surface area contributed by atoms with Gasteiger partial charge in [-0.15, -0.1) is 18.0 Å². The van der Waals surface area contributed by atoms with E-state index in [9.17, 15) is 4.79 Å². The summed E-state index contributed by atoms with van der Waals surface area (Å²) in [5, 5.41) is 7.59. The highest BCUT2D eigenvalue weighted by atomic mass is 35.5. The van der Waals surface area contributed by atoms with Gasteiger partial charge in [0, 0.05) is 0 Å². The number of ether oxygens (including phenoxy) is 1. The summed E-state index contributed by atoms with van der Waals surface area (Å²) in [6, 6.07) is 0. The van der Waals surface area contributed by atoms with Gasteiger partial charge in [-0.05, 0) is 6.92 Å². The molecule has 0 rings (SSSR count). The van der Waals surface area contributed by atoms with Crippen molar-refractivity contribution in [2.75, 3.05) is 0 Å². The maximum absolute atomic E-state index is 9.90. The van der Waals surface area contributed by atoms with E-state index < -0.39 is 17.6 Å². The van der Waals surface area contributed by atoms with E-state index in [0.29, 0.717) is 0 Å². The molecular formula is C6H7ClO3. The molecule has 0 spiro atoms. The largest absolute Gasteiger partial charge is 0.507 e. The molecule has 0 aliphatic heterocycles. The normalized spacial score (nSPS) is 14.9. The molecule has 0 aliphatic rings. The Morgan fingerprint density at radius 2 is 2.40 bits per heavy atom. The van der Waals surface area contributed by atoms with Crippen LogP contribution in [-0.2, 0) is 4.74 Å². The van der Waals surface area contributed by atoms with E-state index in [1.807, 2.05) is 0 Å². The van der Waals surface area contributed by atoms with Gasteiger partial charge in [-0.2, -0.15) is 0 Å². The third-order valence-electron chi connectivity index (χ3n) is 0.809. The molecule has 56 valence electrons. The number of carbonyl (C=O) groups is 1. The molecule has 0 fully saturated rings. The summed E-state index contributed by atoms with van der Waals surface area (Å²) in [5.41, 5.74) is 0. The molecule has 0 bridgehead atoms. The Balaban J connectivity index is 3.87. The van der Waals surface area contributed by atoms with Crippen LogP contribution in [-0.4, -0.2) is 22.7 Å². The van der Waals surface area contributed by atoms with Crippen molar-refractivity contribution in [1.82, 2.24) is 0 Å². The molecule has 0 amide bonds. The van der Waals surface area contributed by atoms with Crippen LogP contribution in [0.3, 0.4) is 0 Å². The maximum atomic E-state index is 9.90. The summed E-state index contributed by atoms with van der Waals surface area (Å²) in [4.78, 5) is 9.90. The summed E-state index contributed by atoms with van der Waals surface area (Å²) >= 11 is 5.46. The average Bonchev–Trinajstić information content (AvgIpc) is 1.81. The van der Waals surface area contributed by atoms with Crippen LogP contribution >= 0.6 is 11.6 Å². The average molecular weight is 163 g/mol. The van der Waals surface area contributed by atoms with Gasteiger partial charge in [-0.3, -0.25) is 0 Å². The molecule has 0 radical (unpaired) electrons. The Kier molecular flexibility index (Phi) is 3.67. The fourth-order valence-corrected chi connectivity index (χ4v) is 0.493. The van der Waals surface area contributed by atoms with Gasteiger partial charge in [0.2, 0.25) is 0 Å². The standard InChI is InChI=1S/C6H7ClO3/c1-3-5(4(2)7)10-6(8)9/h1,4-5H,2H3,(H,8,9). The first kappa shape index (κ1) is 9.12. The van der Waals surface area contributed by atoms with Crippen LogP contribution < -0.4 is 0 Å². The molecule has 0 aromatic rings. The van der Waals surface area contributed by atoms with Gasteiger partial charge in [0.25, 0.3) is 0 Å². The Bertz CT molecular complexity index is 159. The van der Waals surface area contributed by atoms with Crippen LogP contribution in [0.2, 0.25) is 0 Å². The Hall–Kier alpha value is -0.880. The molecular weight excluding hydrogens is 156 g/mol. The third-order valence-corrected chi connectivity index (χ3v) is 1.04. The predicted molar refractivity (Wildman–Crippen MR) is 37.0 cm³/mol. The minimum absolute atomic E-state index is 0.499. The molecule has 0 aromatic carbocycles. The highest BCUT2D eigenvalue weighted by Gasteiger charge is 2.15. The van der Waals surface area contributed by atoms with Crippen LogP contribution in [0.25, 0.3) is 0 Å². The minimum atomic E-state index is -1.41. The van der Waals surface area contributed by atoms with Crippen LogP contribution in [0.1, 0.15) is 6.92 Å². The first-order valence-electron chi connectivity index (χ1n) is 2.57. The van der Waals surface area contributed by atoms with Gasteiger partial charge in [0.1, 0.15) is 0 Å². The molecule has 0 saturated carbocycles. The zero-order valence-corrected chi connectivity index (χ0v) is 6.13. The molecule has 10 heavy (non-hydrogen) atoms. The Labute approximate surface area is 63.9 Å². The second-order valence-electron chi connectivity index (χ2n) is 1.65. The Morgan fingerprint density at radius 1 is 1.90 bits per heavy atom. The van der Waals surface area contributed by atoms with Crippen LogP contribution in [0, 0.1) is 12.3 Å². The van der Waals surface area contributed by atoms with Crippen molar-refractivity contribution in [2.45, 2.75) is 18.4 Å². The number of halogens is 1. The highest BCUT2D eigenvalue weighted by molar-refractivity contribution is 6.21. The van der Waals surface area contributed by atoms with Gasteiger partial charge in [-0.25, -0.2) is 4.79 Å². The molecule has 0 saturated heterocycles. The summed E-state index contributed by atoms with van der Waals surface area (Å²) in [7, 11) is 0. The van der Waals surface area contributed by atoms with E-state index in [1.165, 1.54) is 0 Å². The molecule has 2 unspecified atom stereocenters. The van der Waals surface area contributed by atoms with Crippen molar-refractivity contribution < 1.29 is 14.6 Å². The minimum Gasteiger partial charge on any atom is -0.450 e. The van der Waals surface area contributed by atoms with Crippen molar-refractivity contribution in [2.24, 2.45) is 0 Å². The zero-order chi connectivity index (χ0) is 8.15. The molecule has 2 atom stereocenters.